The molecule has 0 radical (unpaired) electrons. The molecule has 1 N–H and O–H groups in total. The number of nitrogens with one attached hydrogen (secondary N) is 1. The summed E-state index contributed by atoms with van der Waals surface area (Å²) in [5, 5.41) is 11.0. The molecule has 0 aliphatic carbocycles. The van der Waals surface area contributed by atoms with Crippen LogP contribution in [0.2, 0.25) is 0 Å². The van der Waals surface area contributed by atoms with E-state index in [4.69, 9.17) is 13.9 Å². The van der Waals surface area contributed by atoms with Crippen molar-refractivity contribution in [2.24, 2.45) is 0 Å². The van der Waals surface area contributed by atoms with E-state index in [0.717, 1.165) is 16.8 Å². The molecule has 3 aromatic carbocycles. The zero-order chi connectivity index (χ0) is 22.6. The van der Waals surface area contributed by atoms with Crippen LogP contribution < -0.4 is 14.8 Å². The predicted molar refractivity (Wildman–Crippen MR) is 125 cm³/mol. The van der Waals surface area contributed by atoms with Gasteiger partial charge in [-0.2, -0.15) is 0 Å². The molecule has 0 unspecified atom stereocenters. The van der Waals surface area contributed by atoms with Crippen LogP contribution in [0.15, 0.2) is 88.5 Å². The Hall–Kier alpha value is -3.78. The lowest BCUT2D eigenvalue weighted by Gasteiger charge is -2.23. The van der Waals surface area contributed by atoms with Crippen LogP contribution in [0, 0.1) is 0 Å². The molecule has 4 aromatic rings. The van der Waals surface area contributed by atoms with Crippen molar-refractivity contribution in [3.63, 3.8) is 0 Å². The monoisotopic (exact) mass is 459 g/mol. The molecule has 0 fully saturated rings. The summed E-state index contributed by atoms with van der Waals surface area (Å²) >= 11 is 1.19. The molecule has 2 heterocycles. The third-order valence-electron chi connectivity index (χ3n) is 5.12. The first-order valence-electron chi connectivity index (χ1n) is 10.5. The van der Waals surface area contributed by atoms with Crippen molar-refractivity contribution in [3.05, 3.63) is 84.8 Å². The first-order valence-corrected chi connectivity index (χ1v) is 11.4. The maximum Gasteiger partial charge on any atom is 0.277 e. The topological polar surface area (TPSA) is 86.5 Å². The number of para-hydroxylation sites is 3. The van der Waals surface area contributed by atoms with E-state index in [1.165, 1.54) is 11.8 Å². The van der Waals surface area contributed by atoms with Gasteiger partial charge in [-0.15, -0.1) is 10.2 Å². The van der Waals surface area contributed by atoms with Crippen molar-refractivity contribution in [1.29, 1.82) is 0 Å². The summed E-state index contributed by atoms with van der Waals surface area (Å²) in [5.41, 5.74) is 2.74. The maximum absolute atomic E-state index is 12.9. The van der Waals surface area contributed by atoms with Crippen LogP contribution in [0.3, 0.4) is 0 Å². The summed E-state index contributed by atoms with van der Waals surface area (Å²) < 4.78 is 17.4. The van der Waals surface area contributed by atoms with E-state index >= 15 is 0 Å². The number of ether oxygens (including phenoxy) is 2. The van der Waals surface area contributed by atoms with Gasteiger partial charge in [0.05, 0.1) is 5.25 Å². The van der Waals surface area contributed by atoms with E-state index in [1.807, 2.05) is 78.9 Å². The van der Waals surface area contributed by atoms with Gasteiger partial charge in [0.15, 0.2) is 11.5 Å². The minimum Gasteiger partial charge on any atom is -0.485 e. The number of carbonyl (C=O) groups is 1. The molecular formula is C25H21N3O4S. The van der Waals surface area contributed by atoms with Crippen LogP contribution in [-0.4, -0.2) is 28.0 Å². The van der Waals surface area contributed by atoms with Crippen molar-refractivity contribution < 1.29 is 18.7 Å². The molecular weight excluding hydrogens is 438 g/mol. The quantitative estimate of drug-likeness (QED) is 0.388. The highest BCUT2D eigenvalue weighted by Crippen LogP contribution is 2.36. The second-order valence-electron chi connectivity index (χ2n) is 7.43. The van der Waals surface area contributed by atoms with Gasteiger partial charge < -0.3 is 19.2 Å². The van der Waals surface area contributed by atoms with Gasteiger partial charge >= 0.3 is 0 Å². The van der Waals surface area contributed by atoms with Crippen LogP contribution in [0.25, 0.3) is 11.1 Å². The second kappa shape index (κ2) is 9.38. The van der Waals surface area contributed by atoms with E-state index < -0.39 is 11.4 Å². The lowest BCUT2D eigenvalue weighted by Crippen LogP contribution is -2.22. The van der Waals surface area contributed by atoms with Crippen LogP contribution in [0.5, 0.6) is 11.5 Å². The van der Waals surface area contributed by atoms with E-state index in [9.17, 15) is 4.79 Å². The average Bonchev–Trinajstić information content (AvgIpc) is 3.33. The highest BCUT2D eigenvalue weighted by atomic mass is 32.2. The number of hydrogen-bond donors (Lipinski definition) is 1. The van der Waals surface area contributed by atoms with Gasteiger partial charge in [0.25, 0.3) is 11.1 Å². The Morgan fingerprint density at radius 2 is 1.70 bits per heavy atom. The molecule has 1 aliphatic heterocycles. The number of benzene rings is 3. The first kappa shape index (κ1) is 21.1. The summed E-state index contributed by atoms with van der Waals surface area (Å²) in [6.07, 6.45) is -0.497. The minimum atomic E-state index is -0.497. The van der Waals surface area contributed by atoms with Crippen molar-refractivity contribution >= 4 is 23.4 Å². The summed E-state index contributed by atoms with van der Waals surface area (Å²) in [6, 6.07) is 25.1. The van der Waals surface area contributed by atoms with Gasteiger partial charge in [-0.3, -0.25) is 4.79 Å². The van der Waals surface area contributed by atoms with Gasteiger partial charge in [-0.05, 0) is 30.7 Å². The Morgan fingerprint density at radius 3 is 2.55 bits per heavy atom. The molecule has 166 valence electrons. The van der Waals surface area contributed by atoms with Crippen molar-refractivity contribution in [3.8, 4) is 22.6 Å². The minimum absolute atomic E-state index is 0.158. The molecule has 0 saturated carbocycles. The van der Waals surface area contributed by atoms with E-state index in [2.05, 4.69) is 15.5 Å². The molecule has 0 saturated heterocycles. The fraction of sp³-hybridized carbons (Fsp3) is 0.160. The summed E-state index contributed by atoms with van der Waals surface area (Å²) in [7, 11) is 0. The predicted octanol–water partition coefficient (Wildman–Crippen LogP) is 5.37. The van der Waals surface area contributed by atoms with E-state index in [-0.39, 0.29) is 12.5 Å². The number of fused-ring (bicyclic) bond motifs is 1. The number of anilines is 1. The molecule has 1 aromatic heterocycles. The maximum atomic E-state index is 12.9. The highest BCUT2D eigenvalue weighted by Gasteiger charge is 2.28. The molecule has 8 heteroatoms. The molecule has 5 rings (SSSR count). The van der Waals surface area contributed by atoms with Crippen LogP contribution in [0.1, 0.15) is 18.9 Å². The van der Waals surface area contributed by atoms with E-state index in [0.29, 0.717) is 22.6 Å². The number of hydrogen-bond acceptors (Lipinski definition) is 7. The van der Waals surface area contributed by atoms with Gasteiger partial charge in [-0.1, -0.05) is 72.4 Å². The SMILES string of the molecule is C[C@H](Sc1nnc([C@@H]2COc3ccccc3O2)o1)C(=O)Nc1ccccc1-c1ccccc1. The molecule has 33 heavy (non-hydrogen) atoms. The fourth-order valence-electron chi connectivity index (χ4n) is 3.44. The molecule has 7 nitrogen and oxygen atoms in total. The molecule has 2 atom stereocenters. The van der Waals surface area contributed by atoms with Crippen molar-refractivity contribution in [2.45, 2.75) is 23.5 Å². The lowest BCUT2D eigenvalue weighted by molar-refractivity contribution is -0.115. The van der Waals surface area contributed by atoms with E-state index in [1.54, 1.807) is 6.92 Å². The fourth-order valence-corrected chi connectivity index (χ4v) is 4.13. The Labute approximate surface area is 195 Å². The van der Waals surface area contributed by atoms with Crippen molar-refractivity contribution in [2.75, 3.05) is 11.9 Å². The Kier molecular flexibility index (Phi) is 5.99. The lowest BCUT2D eigenvalue weighted by atomic mass is 10.0. The molecule has 0 bridgehead atoms. The highest BCUT2D eigenvalue weighted by molar-refractivity contribution is 8.00. The third-order valence-corrected chi connectivity index (χ3v) is 6.06. The average molecular weight is 460 g/mol. The number of rotatable bonds is 6. The Balaban J connectivity index is 1.24. The summed E-state index contributed by atoms with van der Waals surface area (Å²) in [5.74, 6) is 1.47. The first-order chi connectivity index (χ1) is 16.2. The standard InChI is InChI=1S/C25H21N3O4S/c1-16(23(29)26-19-12-6-5-11-18(19)17-9-3-2-4-10-17)33-25-28-27-24(32-25)22-15-30-20-13-7-8-14-21(20)31-22/h2-14,16,22H,15H2,1H3,(H,26,29)/t16-,22-/m0/s1. The normalized spacial score (nSPS) is 15.6. The molecule has 0 spiro atoms. The van der Waals surface area contributed by atoms with Gasteiger partial charge in [0.1, 0.15) is 6.61 Å². The van der Waals surface area contributed by atoms with Crippen LogP contribution in [0.4, 0.5) is 5.69 Å². The van der Waals surface area contributed by atoms with Crippen LogP contribution in [-0.2, 0) is 4.79 Å². The van der Waals surface area contributed by atoms with Gasteiger partial charge in [0.2, 0.25) is 12.0 Å². The summed E-state index contributed by atoms with van der Waals surface area (Å²) in [6.45, 7) is 2.07. The second-order valence-corrected chi connectivity index (χ2v) is 8.72. The Morgan fingerprint density at radius 1 is 0.970 bits per heavy atom. The summed E-state index contributed by atoms with van der Waals surface area (Å²) in [4.78, 5) is 12.9. The zero-order valence-corrected chi connectivity index (χ0v) is 18.6. The van der Waals surface area contributed by atoms with Gasteiger partial charge in [0, 0.05) is 11.3 Å². The number of carbonyl (C=O) groups excluding carboxylic acids is 1. The smallest absolute Gasteiger partial charge is 0.277 e. The number of nitrogens with zero attached hydrogens (tertiary/aromatic N) is 2. The Bertz CT molecular complexity index is 1260. The van der Waals surface area contributed by atoms with Crippen molar-refractivity contribution in [1.82, 2.24) is 10.2 Å². The molecule has 1 amide bonds. The third kappa shape index (κ3) is 4.70. The zero-order valence-electron chi connectivity index (χ0n) is 17.8. The molecule has 1 aliphatic rings. The number of amides is 1. The number of thioether (sulfide) groups is 1. The largest absolute Gasteiger partial charge is 0.485 e. The number of aromatic nitrogens is 2. The van der Waals surface area contributed by atoms with Gasteiger partial charge in [-0.25, -0.2) is 0 Å². The van der Waals surface area contributed by atoms with Crippen LogP contribution >= 0.6 is 11.8 Å².